The van der Waals surface area contributed by atoms with Gasteiger partial charge in [-0.2, -0.15) is 0 Å². The van der Waals surface area contributed by atoms with E-state index in [0.29, 0.717) is 28.9 Å². The highest BCUT2D eigenvalue weighted by Crippen LogP contribution is 2.41. The summed E-state index contributed by atoms with van der Waals surface area (Å²) in [4.78, 5) is 24.8. The molecule has 4 heteroatoms. The molecular weight excluding hydrogens is 244 g/mol. The molecule has 0 radical (unpaired) electrons. The molecule has 2 aliphatic rings. The summed E-state index contributed by atoms with van der Waals surface area (Å²) in [6.45, 7) is 3.74. The number of ether oxygens (including phenoxy) is 2. The van der Waals surface area contributed by atoms with Crippen molar-refractivity contribution in [1.29, 1.82) is 0 Å². The molecule has 3 rings (SSSR count). The minimum atomic E-state index is -0.498. The van der Waals surface area contributed by atoms with Gasteiger partial charge in [0, 0.05) is 17.5 Å². The molecule has 0 N–H and O–H groups in total. The van der Waals surface area contributed by atoms with Crippen LogP contribution in [-0.2, 0) is 4.74 Å². The SMILES string of the molecule is COc1ccc2c(c1)C(=O)C1=C(OC(C)(C)C1)C2=O. The zero-order chi connectivity index (χ0) is 13.8. The summed E-state index contributed by atoms with van der Waals surface area (Å²) < 4.78 is 10.7. The van der Waals surface area contributed by atoms with Gasteiger partial charge in [-0.25, -0.2) is 0 Å². The maximum atomic E-state index is 12.5. The summed E-state index contributed by atoms with van der Waals surface area (Å²) in [6.07, 6.45) is 0.462. The Morgan fingerprint density at radius 3 is 2.58 bits per heavy atom. The lowest BCUT2D eigenvalue weighted by molar-refractivity contribution is 0.0510. The van der Waals surface area contributed by atoms with Crippen LogP contribution in [0, 0.1) is 0 Å². The predicted molar refractivity (Wildman–Crippen MR) is 68.5 cm³/mol. The Kier molecular flexibility index (Phi) is 2.33. The van der Waals surface area contributed by atoms with Gasteiger partial charge in [-0.05, 0) is 32.0 Å². The van der Waals surface area contributed by atoms with Crippen LogP contribution in [0.3, 0.4) is 0 Å². The third-order valence-electron chi connectivity index (χ3n) is 3.45. The van der Waals surface area contributed by atoms with E-state index in [0.717, 1.165) is 0 Å². The van der Waals surface area contributed by atoms with Crippen LogP contribution in [0.5, 0.6) is 5.75 Å². The number of fused-ring (bicyclic) bond motifs is 1. The number of benzene rings is 1. The Bertz CT molecular complexity index is 638. The van der Waals surface area contributed by atoms with Gasteiger partial charge < -0.3 is 9.47 Å². The molecular formula is C15H14O4. The second-order valence-corrected chi connectivity index (χ2v) is 5.42. The first-order valence-electron chi connectivity index (χ1n) is 6.12. The van der Waals surface area contributed by atoms with E-state index < -0.39 is 5.60 Å². The van der Waals surface area contributed by atoms with E-state index in [1.807, 2.05) is 13.8 Å². The molecule has 0 amide bonds. The van der Waals surface area contributed by atoms with E-state index in [9.17, 15) is 9.59 Å². The number of rotatable bonds is 1. The van der Waals surface area contributed by atoms with Gasteiger partial charge >= 0.3 is 0 Å². The highest BCUT2D eigenvalue weighted by atomic mass is 16.5. The van der Waals surface area contributed by atoms with Crippen LogP contribution in [0.25, 0.3) is 0 Å². The summed E-state index contributed by atoms with van der Waals surface area (Å²) >= 11 is 0. The first kappa shape index (κ1) is 12.0. The lowest BCUT2D eigenvalue weighted by Crippen LogP contribution is -2.20. The summed E-state index contributed by atoms with van der Waals surface area (Å²) in [5.41, 5.74) is 0.782. The van der Waals surface area contributed by atoms with Crippen LogP contribution in [0.1, 0.15) is 41.0 Å². The summed E-state index contributed by atoms with van der Waals surface area (Å²) in [5.74, 6) is 0.446. The molecule has 1 aliphatic carbocycles. The van der Waals surface area contributed by atoms with Crippen molar-refractivity contribution in [3.8, 4) is 5.75 Å². The molecule has 1 aromatic carbocycles. The first-order valence-corrected chi connectivity index (χ1v) is 6.12. The zero-order valence-corrected chi connectivity index (χ0v) is 11.1. The van der Waals surface area contributed by atoms with Crippen LogP contribution in [0.2, 0.25) is 0 Å². The van der Waals surface area contributed by atoms with E-state index in [1.165, 1.54) is 7.11 Å². The maximum absolute atomic E-state index is 12.5. The number of hydrogen-bond donors (Lipinski definition) is 0. The molecule has 0 spiro atoms. The van der Waals surface area contributed by atoms with Crippen molar-refractivity contribution in [2.45, 2.75) is 25.9 Å². The smallest absolute Gasteiger partial charge is 0.228 e. The van der Waals surface area contributed by atoms with Gasteiger partial charge in [0.15, 0.2) is 11.5 Å². The Hall–Kier alpha value is -2.10. The van der Waals surface area contributed by atoms with Gasteiger partial charge in [0.2, 0.25) is 5.78 Å². The first-order chi connectivity index (χ1) is 8.93. The Labute approximate surface area is 111 Å². The molecule has 1 aliphatic heterocycles. The molecule has 0 unspecified atom stereocenters. The van der Waals surface area contributed by atoms with Gasteiger partial charge in [0.1, 0.15) is 11.4 Å². The number of carbonyl (C=O) groups excluding carboxylic acids is 2. The molecule has 19 heavy (non-hydrogen) atoms. The molecule has 0 saturated carbocycles. The molecule has 1 aromatic rings. The van der Waals surface area contributed by atoms with Gasteiger partial charge in [-0.1, -0.05) is 0 Å². The van der Waals surface area contributed by atoms with E-state index in [4.69, 9.17) is 9.47 Å². The standard InChI is InChI=1S/C15H14O4/c1-15(2)7-11-12(16)10-6-8(18-3)4-5-9(10)13(17)14(11)19-15/h4-6H,7H2,1-3H3. The van der Waals surface area contributed by atoms with Crippen molar-refractivity contribution in [2.24, 2.45) is 0 Å². The van der Waals surface area contributed by atoms with Gasteiger partial charge in [-0.15, -0.1) is 0 Å². The van der Waals surface area contributed by atoms with Crippen molar-refractivity contribution in [3.63, 3.8) is 0 Å². The van der Waals surface area contributed by atoms with Crippen LogP contribution >= 0.6 is 0 Å². The Morgan fingerprint density at radius 2 is 1.89 bits per heavy atom. The zero-order valence-electron chi connectivity index (χ0n) is 11.1. The number of hydrogen-bond acceptors (Lipinski definition) is 4. The number of Topliss-reactive ketones (excluding diaryl/α,β-unsaturated/α-hetero) is 2. The van der Waals surface area contributed by atoms with Gasteiger partial charge in [-0.3, -0.25) is 9.59 Å². The van der Waals surface area contributed by atoms with Crippen LogP contribution < -0.4 is 4.74 Å². The number of allylic oxidation sites excluding steroid dienone is 1. The van der Waals surface area contributed by atoms with Gasteiger partial charge in [0.25, 0.3) is 0 Å². The summed E-state index contributed by atoms with van der Waals surface area (Å²) in [7, 11) is 1.53. The number of methoxy groups -OCH3 is 1. The van der Waals surface area contributed by atoms with Crippen molar-refractivity contribution >= 4 is 11.6 Å². The molecule has 4 nitrogen and oxygen atoms in total. The van der Waals surface area contributed by atoms with E-state index >= 15 is 0 Å². The van der Waals surface area contributed by atoms with E-state index in [2.05, 4.69) is 0 Å². The second kappa shape index (κ2) is 3.70. The molecule has 1 heterocycles. The molecule has 0 atom stereocenters. The van der Waals surface area contributed by atoms with E-state index in [-0.39, 0.29) is 17.3 Å². The predicted octanol–water partition coefficient (Wildman–Crippen LogP) is 2.53. The average molecular weight is 258 g/mol. The van der Waals surface area contributed by atoms with Crippen molar-refractivity contribution in [2.75, 3.05) is 7.11 Å². The van der Waals surface area contributed by atoms with Crippen molar-refractivity contribution in [3.05, 3.63) is 40.7 Å². The minimum absolute atomic E-state index is 0.130. The highest BCUT2D eigenvalue weighted by Gasteiger charge is 2.43. The molecule has 0 bridgehead atoms. The van der Waals surface area contributed by atoms with Crippen LogP contribution in [-0.4, -0.2) is 24.3 Å². The largest absolute Gasteiger partial charge is 0.497 e. The maximum Gasteiger partial charge on any atom is 0.228 e. The second-order valence-electron chi connectivity index (χ2n) is 5.42. The monoisotopic (exact) mass is 258 g/mol. The normalized spacial score (nSPS) is 19.9. The van der Waals surface area contributed by atoms with Crippen LogP contribution in [0.4, 0.5) is 0 Å². The van der Waals surface area contributed by atoms with E-state index in [1.54, 1.807) is 18.2 Å². The topological polar surface area (TPSA) is 52.6 Å². The summed E-state index contributed by atoms with van der Waals surface area (Å²) in [6, 6.07) is 4.91. The lowest BCUT2D eigenvalue weighted by atomic mass is 9.86. The Balaban J connectivity index is 2.14. The average Bonchev–Trinajstić information content (AvgIpc) is 2.71. The quantitative estimate of drug-likeness (QED) is 0.776. The summed E-state index contributed by atoms with van der Waals surface area (Å²) in [5, 5.41) is 0. The van der Waals surface area contributed by atoms with Crippen molar-refractivity contribution < 1.29 is 19.1 Å². The number of ketones is 2. The fraction of sp³-hybridized carbons (Fsp3) is 0.333. The fourth-order valence-corrected chi connectivity index (χ4v) is 2.57. The number of carbonyl (C=O) groups is 2. The molecule has 0 fully saturated rings. The van der Waals surface area contributed by atoms with Gasteiger partial charge in [0.05, 0.1) is 12.7 Å². The molecule has 0 aromatic heterocycles. The minimum Gasteiger partial charge on any atom is -0.497 e. The third-order valence-corrected chi connectivity index (χ3v) is 3.45. The third kappa shape index (κ3) is 1.67. The Morgan fingerprint density at radius 1 is 1.16 bits per heavy atom. The van der Waals surface area contributed by atoms with Crippen LogP contribution in [0.15, 0.2) is 29.5 Å². The highest BCUT2D eigenvalue weighted by molar-refractivity contribution is 6.26. The lowest BCUT2D eigenvalue weighted by Gasteiger charge is -2.19. The molecule has 0 saturated heterocycles. The van der Waals surface area contributed by atoms with Crippen molar-refractivity contribution in [1.82, 2.24) is 0 Å². The molecule has 98 valence electrons. The fourth-order valence-electron chi connectivity index (χ4n) is 2.57.